The minimum Gasteiger partial charge on any atom is -0.480 e. The third kappa shape index (κ3) is 2.60. The lowest BCUT2D eigenvalue weighted by Gasteiger charge is -2.20. The molecule has 1 aliphatic rings. The molecule has 1 atom stereocenters. The van der Waals surface area contributed by atoms with Crippen molar-refractivity contribution >= 4 is 29.3 Å². The highest BCUT2D eigenvalue weighted by molar-refractivity contribution is 7.99. The second-order valence-electron chi connectivity index (χ2n) is 4.39. The van der Waals surface area contributed by atoms with Gasteiger partial charge in [-0.2, -0.15) is 0 Å². The average molecular weight is 296 g/mol. The van der Waals surface area contributed by atoms with Crippen molar-refractivity contribution in [3.05, 3.63) is 39.4 Å². The summed E-state index contributed by atoms with van der Waals surface area (Å²) in [6, 6.07) is 3.20. The Hall–Kier alpha value is -2.09. The van der Waals surface area contributed by atoms with Gasteiger partial charge in [0.1, 0.15) is 6.04 Å². The second-order valence-corrected chi connectivity index (χ2v) is 5.39. The summed E-state index contributed by atoms with van der Waals surface area (Å²) < 4.78 is 0. The van der Waals surface area contributed by atoms with Crippen LogP contribution >= 0.6 is 11.8 Å². The van der Waals surface area contributed by atoms with Gasteiger partial charge >= 0.3 is 5.97 Å². The van der Waals surface area contributed by atoms with E-state index in [1.54, 1.807) is 6.92 Å². The Kier molecular flexibility index (Phi) is 3.93. The van der Waals surface area contributed by atoms with Crippen LogP contribution in [0.5, 0.6) is 0 Å². The van der Waals surface area contributed by atoms with E-state index in [1.165, 1.54) is 34.9 Å². The summed E-state index contributed by atoms with van der Waals surface area (Å²) in [6.45, 7) is 1.54. The fourth-order valence-corrected chi connectivity index (χ4v) is 3.15. The molecule has 1 N–H and O–H groups in total. The number of hydrogen-bond acceptors (Lipinski definition) is 5. The van der Waals surface area contributed by atoms with Crippen LogP contribution in [-0.2, 0) is 4.79 Å². The normalized spacial score (nSPS) is 18.1. The number of aryl methyl sites for hydroxylation is 1. The van der Waals surface area contributed by atoms with E-state index in [9.17, 15) is 19.7 Å². The third-order valence-electron chi connectivity index (χ3n) is 3.07. The van der Waals surface area contributed by atoms with Crippen LogP contribution in [0, 0.1) is 17.0 Å². The van der Waals surface area contributed by atoms with Gasteiger partial charge in [-0.3, -0.25) is 14.9 Å². The van der Waals surface area contributed by atoms with Crippen molar-refractivity contribution < 1.29 is 19.6 Å². The lowest BCUT2D eigenvalue weighted by atomic mass is 10.1. The summed E-state index contributed by atoms with van der Waals surface area (Å²) in [5.74, 6) is -0.791. The van der Waals surface area contributed by atoms with Gasteiger partial charge in [-0.25, -0.2) is 4.79 Å². The summed E-state index contributed by atoms with van der Waals surface area (Å²) >= 11 is 1.37. The SMILES string of the molecule is Cc1cc(C(=O)N2CSC[C@H]2C(=O)O)ccc1[N+](=O)[O-]. The molecular weight excluding hydrogens is 284 g/mol. The number of aliphatic carboxylic acids is 1. The standard InChI is InChI=1S/C12H12N2O5S/c1-7-4-8(2-3-9(7)14(18)19)11(15)13-6-20-5-10(13)12(16)17/h2-4,10H,5-6H2,1H3,(H,16,17)/t10-/m0/s1. The quantitative estimate of drug-likeness (QED) is 0.670. The first-order chi connectivity index (χ1) is 9.41. The van der Waals surface area contributed by atoms with Crippen LogP contribution in [0.1, 0.15) is 15.9 Å². The molecule has 0 unspecified atom stereocenters. The predicted octanol–water partition coefficient (Wildman–Crippen LogP) is 1.50. The zero-order valence-corrected chi connectivity index (χ0v) is 11.4. The smallest absolute Gasteiger partial charge is 0.327 e. The molecule has 0 saturated carbocycles. The molecule has 1 aromatic carbocycles. The number of carbonyl (C=O) groups is 2. The van der Waals surface area contributed by atoms with E-state index in [4.69, 9.17) is 5.11 Å². The maximum atomic E-state index is 12.3. The Labute approximate surface area is 118 Å². The van der Waals surface area contributed by atoms with Crippen molar-refractivity contribution in [1.82, 2.24) is 4.90 Å². The van der Waals surface area contributed by atoms with Gasteiger partial charge in [-0.1, -0.05) is 0 Å². The zero-order chi connectivity index (χ0) is 14.9. The molecule has 1 aliphatic heterocycles. The molecule has 0 aliphatic carbocycles. The van der Waals surface area contributed by atoms with Crippen molar-refractivity contribution in [2.24, 2.45) is 0 Å². The number of carbonyl (C=O) groups excluding carboxylic acids is 1. The summed E-state index contributed by atoms with van der Waals surface area (Å²) in [6.07, 6.45) is 0. The molecule has 1 aromatic rings. The van der Waals surface area contributed by atoms with E-state index in [0.29, 0.717) is 17.2 Å². The van der Waals surface area contributed by atoms with Gasteiger partial charge in [0, 0.05) is 22.9 Å². The summed E-state index contributed by atoms with van der Waals surface area (Å²) in [5, 5.41) is 19.8. The van der Waals surface area contributed by atoms with Gasteiger partial charge < -0.3 is 10.0 Å². The van der Waals surface area contributed by atoms with Gasteiger partial charge in [0.2, 0.25) is 0 Å². The highest BCUT2D eigenvalue weighted by Crippen LogP contribution is 2.25. The molecule has 7 nitrogen and oxygen atoms in total. The maximum absolute atomic E-state index is 12.3. The first-order valence-corrected chi connectivity index (χ1v) is 6.94. The molecular formula is C12H12N2O5S. The van der Waals surface area contributed by atoms with E-state index >= 15 is 0 Å². The van der Waals surface area contributed by atoms with E-state index < -0.39 is 22.8 Å². The van der Waals surface area contributed by atoms with Crippen LogP contribution in [-0.4, -0.2) is 44.5 Å². The summed E-state index contributed by atoms with van der Waals surface area (Å²) in [5.41, 5.74) is 0.577. The van der Waals surface area contributed by atoms with E-state index in [1.807, 2.05) is 0 Å². The highest BCUT2D eigenvalue weighted by Gasteiger charge is 2.35. The number of amides is 1. The minimum absolute atomic E-state index is 0.0628. The fourth-order valence-electron chi connectivity index (χ4n) is 2.01. The number of benzene rings is 1. The molecule has 1 amide bonds. The van der Waals surface area contributed by atoms with Crippen LogP contribution in [0.15, 0.2) is 18.2 Å². The Morgan fingerprint density at radius 1 is 1.50 bits per heavy atom. The van der Waals surface area contributed by atoms with Gasteiger partial charge in [0.05, 0.1) is 10.8 Å². The van der Waals surface area contributed by atoms with Crippen molar-refractivity contribution in [3.8, 4) is 0 Å². The lowest BCUT2D eigenvalue weighted by Crippen LogP contribution is -2.41. The number of carboxylic acids is 1. The number of nitro groups is 1. The third-order valence-corrected chi connectivity index (χ3v) is 4.08. The zero-order valence-electron chi connectivity index (χ0n) is 10.6. The van der Waals surface area contributed by atoms with Crippen LogP contribution in [0.2, 0.25) is 0 Å². The molecule has 0 radical (unpaired) electrons. The van der Waals surface area contributed by atoms with Crippen molar-refractivity contribution in [1.29, 1.82) is 0 Å². The van der Waals surface area contributed by atoms with Gasteiger partial charge in [-0.05, 0) is 19.1 Å². The van der Waals surface area contributed by atoms with Crippen molar-refractivity contribution in [2.45, 2.75) is 13.0 Å². The minimum atomic E-state index is -1.04. The number of hydrogen-bond donors (Lipinski definition) is 1. The highest BCUT2D eigenvalue weighted by atomic mass is 32.2. The van der Waals surface area contributed by atoms with Crippen molar-refractivity contribution in [2.75, 3.05) is 11.6 Å². The molecule has 0 spiro atoms. The van der Waals surface area contributed by atoms with E-state index in [2.05, 4.69) is 0 Å². The Morgan fingerprint density at radius 3 is 2.75 bits per heavy atom. The molecule has 0 aromatic heterocycles. The molecule has 1 heterocycles. The molecule has 2 rings (SSSR count). The number of carboxylic acid groups (broad SMARTS) is 1. The summed E-state index contributed by atoms with van der Waals surface area (Å²) in [7, 11) is 0. The topological polar surface area (TPSA) is 101 Å². The largest absolute Gasteiger partial charge is 0.480 e. The molecule has 106 valence electrons. The number of nitrogens with zero attached hydrogens (tertiary/aromatic N) is 2. The van der Waals surface area contributed by atoms with Gasteiger partial charge in [0.15, 0.2) is 0 Å². The predicted molar refractivity (Wildman–Crippen MR) is 72.8 cm³/mol. The molecule has 1 saturated heterocycles. The Balaban J connectivity index is 2.27. The van der Waals surface area contributed by atoms with Crippen LogP contribution < -0.4 is 0 Å². The first-order valence-electron chi connectivity index (χ1n) is 5.78. The van der Waals surface area contributed by atoms with Gasteiger partial charge in [0.25, 0.3) is 11.6 Å². The monoisotopic (exact) mass is 296 g/mol. The Bertz CT molecular complexity index is 589. The Morgan fingerprint density at radius 2 is 2.20 bits per heavy atom. The number of nitro benzene ring substituents is 1. The van der Waals surface area contributed by atoms with Crippen molar-refractivity contribution in [3.63, 3.8) is 0 Å². The second kappa shape index (κ2) is 5.49. The lowest BCUT2D eigenvalue weighted by molar-refractivity contribution is -0.385. The first kappa shape index (κ1) is 14.3. The van der Waals surface area contributed by atoms with Crippen LogP contribution in [0.25, 0.3) is 0 Å². The van der Waals surface area contributed by atoms with Crippen LogP contribution in [0.3, 0.4) is 0 Å². The van der Waals surface area contributed by atoms with Gasteiger partial charge in [-0.15, -0.1) is 11.8 Å². The molecule has 20 heavy (non-hydrogen) atoms. The van der Waals surface area contributed by atoms with E-state index in [0.717, 1.165) is 0 Å². The fraction of sp³-hybridized carbons (Fsp3) is 0.333. The molecule has 0 bridgehead atoms. The molecule has 1 fully saturated rings. The number of thioether (sulfide) groups is 1. The maximum Gasteiger partial charge on any atom is 0.327 e. The van der Waals surface area contributed by atoms with Crippen LogP contribution in [0.4, 0.5) is 5.69 Å². The number of rotatable bonds is 3. The average Bonchev–Trinajstić information content (AvgIpc) is 2.86. The molecule has 8 heteroatoms. The summed E-state index contributed by atoms with van der Waals surface area (Å²) in [4.78, 5) is 34.8. The van der Waals surface area contributed by atoms with E-state index in [-0.39, 0.29) is 11.3 Å².